The Bertz CT molecular complexity index is 793. The van der Waals surface area contributed by atoms with Gasteiger partial charge < -0.3 is 4.90 Å². The Morgan fingerprint density at radius 2 is 1.84 bits per heavy atom. The zero-order valence-corrected chi connectivity index (χ0v) is 15.9. The van der Waals surface area contributed by atoms with Crippen LogP contribution in [0.1, 0.15) is 24.1 Å². The molecule has 3 rings (SSSR count). The SMILES string of the molecule is Cc1ccc(=O)n(CC2CCN(C(=O)Cc3ccc(Br)cc3)CC2)n1. The highest BCUT2D eigenvalue weighted by molar-refractivity contribution is 9.10. The van der Waals surface area contributed by atoms with Crippen LogP contribution in [0.4, 0.5) is 0 Å². The van der Waals surface area contributed by atoms with Crippen LogP contribution in [0.15, 0.2) is 45.7 Å². The van der Waals surface area contributed by atoms with Crippen molar-refractivity contribution in [3.05, 3.63) is 62.5 Å². The number of aryl methyl sites for hydroxylation is 1. The second-order valence-corrected chi connectivity index (χ2v) is 7.54. The van der Waals surface area contributed by atoms with E-state index in [1.54, 1.807) is 16.8 Å². The summed E-state index contributed by atoms with van der Waals surface area (Å²) >= 11 is 3.41. The molecule has 1 saturated heterocycles. The maximum Gasteiger partial charge on any atom is 0.266 e. The largest absolute Gasteiger partial charge is 0.342 e. The van der Waals surface area contributed by atoms with Crippen molar-refractivity contribution in [2.75, 3.05) is 13.1 Å². The molecule has 1 amide bonds. The van der Waals surface area contributed by atoms with Crippen molar-refractivity contribution in [3.8, 4) is 0 Å². The normalized spacial score (nSPS) is 15.4. The Labute approximate surface area is 155 Å². The maximum absolute atomic E-state index is 12.5. The van der Waals surface area contributed by atoms with Crippen molar-refractivity contribution in [2.45, 2.75) is 32.7 Å². The summed E-state index contributed by atoms with van der Waals surface area (Å²) in [5.74, 6) is 0.565. The van der Waals surface area contributed by atoms with Gasteiger partial charge in [0.25, 0.3) is 5.56 Å². The topological polar surface area (TPSA) is 55.2 Å². The molecule has 0 atom stereocenters. The van der Waals surface area contributed by atoms with E-state index in [1.807, 2.05) is 36.1 Å². The highest BCUT2D eigenvalue weighted by Crippen LogP contribution is 2.19. The number of nitrogens with zero attached hydrogens (tertiary/aromatic N) is 3. The molecule has 2 aromatic rings. The van der Waals surface area contributed by atoms with E-state index in [0.29, 0.717) is 18.9 Å². The molecule has 1 fully saturated rings. The number of piperidine rings is 1. The molecular weight excluding hydrogens is 382 g/mol. The number of likely N-dealkylation sites (tertiary alicyclic amines) is 1. The first-order valence-corrected chi connectivity index (χ1v) is 9.37. The van der Waals surface area contributed by atoms with Gasteiger partial charge in [0, 0.05) is 30.2 Å². The van der Waals surface area contributed by atoms with Gasteiger partial charge in [0.1, 0.15) is 0 Å². The summed E-state index contributed by atoms with van der Waals surface area (Å²) in [7, 11) is 0. The molecule has 0 saturated carbocycles. The number of carbonyl (C=O) groups is 1. The zero-order valence-electron chi connectivity index (χ0n) is 14.3. The Balaban J connectivity index is 1.52. The van der Waals surface area contributed by atoms with Crippen molar-refractivity contribution in [1.82, 2.24) is 14.7 Å². The standard InChI is InChI=1S/C19H22BrN3O2/c1-14-2-7-18(24)23(21-14)13-16-8-10-22(11-9-16)19(25)12-15-3-5-17(20)6-4-15/h2-7,16H,8-13H2,1H3. The van der Waals surface area contributed by atoms with Crippen LogP contribution in [-0.2, 0) is 17.8 Å². The van der Waals surface area contributed by atoms with Crippen LogP contribution in [0.2, 0.25) is 0 Å². The first kappa shape index (κ1) is 17.9. The molecule has 0 aliphatic carbocycles. The summed E-state index contributed by atoms with van der Waals surface area (Å²) in [6.07, 6.45) is 2.26. The summed E-state index contributed by atoms with van der Waals surface area (Å²) in [6, 6.07) is 11.2. The fraction of sp³-hybridized carbons (Fsp3) is 0.421. The molecule has 0 radical (unpaired) electrons. The highest BCUT2D eigenvalue weighted by Gasteiger charge is 2.23. The fourth-order valence-corrected chi connectivity index (χ4v) is 3.44. The highest BCUT2D eigenvalue weighted by atomic mass is 79.9. The minimum atomic E-state index is -0.0562. The van der Waals surface area contributed by atoms with Gasteiger partial charge in [0.05, 0.1) is 12.1 Å². The van der Waals surface area contributed by atoms with Gasteiger partial charge in [0.15, 0.2) is 0 Å². The Morgan fingerprint density at radius 3 is 2.52 bits per heavy atom. The number of benzene rings is 1. The zero-order chi connectivity index (χ0) is 17.8. The summed E-state index contributed by atoms with van der Waals surface area (Å²) in [4.78, 5) is 26.3. The lowest BCUT2D eigenvalue weighted by Gasteiger charge is -2.32. The third-order valence-electron chi connectivity index (χ3n) is 4.67. The van der Waals surface area contributed by atoms with E-state index in [-0.39, 0.29) is 11.5 Å². The molecule has 1 aliphatic rings. The number of aromatic nitrogens is 2. The van der Waals surface area contributed by atoms with Gasteiger partial charge in [-0.25, -0.2) is 4.68 Å². The number of amides is 1. The quantitative estimate of drug-likeness (QED) is 0.788. The molecule has 132 valence electrons. The van der Waals surface area contributed by atoms with Crippen molar-refractivity contribution in [1.29, 1.82) is 0 Å². The van der Waals surface area contributed by atoms with Gasteiger partial charge >= 0.3 is 0 Å². The predicted octanol–water partition coefficient (Wildman–Crippen LogP) is 2.80. The number of halogens is 1. The molecule has 0 bridgehead atoms. The molecule has 1 aromatic heterocycles. The summed E-state index contributed by atoms with van der Waals surface area (Å²) in [5.41, 5.74) is 1.83. The van der Waals surface area contributed by atoms with Crippen LogP contribution in [0.5, 0.6) is 0 Å². The van der Waals surface area contributed by atoms with Gasteiger partial charge in [-0.2, -0.15) is 5.10 Å². The van der Waals surface area contributed by atoms with Gasteiger partial charge in [0.2, 0.25) is 5.91 Å². The van der Waals surface area contributed by atoms with Crippen LogP contribution in [0.3, 0.4) is 0 Å². The van der Waals surface area contributed by atoms with Crippen LogP contribution in [0, 0.1) is 12.8 Å². The van der Waals surface area contributed by atoms with E-state index < -0.39 is 0 Å². The van der Waals surface area contributed by atoms with Crippen molar-refractivity contribution >= 4 is 21.8 Å². The van der Waals surface area contributed by atoms with Crippen molar-refractivity contribution in [3.63, 3.8) is 0 Å². The first-order chi connectivity index (χ1) is 12.0. The fourth-order valence-electron chi connectivity index (χ4n) is 3.18. The second kappa shape index (κ2) is 7.95. The minimum absolute atomic E-state index is 0.0562. The van der Waals surface area contributed by atoms with Crippen molar-refractivity contribution < 1.29 is 4.79 Å². The van der Waals surface area contributed by atoms with Crippen LogP contribution in [0.25, 0.3) is 0 Å². The lowest BCUT2D eigenvalue weighted by Crippen LogP contribution is -2.41. The number of hydrogen-bond acceptors (Lipinski definition) is 3. The molecule has 0 unspecified atom stereocenters. The predicted molar refractivity (Wildman–Crippen MR) is 100 cm³/mol. The molecule has 6 heteroatoms. The van der Waals surface area contributed by atoms with Crippen LogP contribution < -0.4 is 5.56 Å². The van der Waals surface area contributed by atoms with Gasteiger partial charge in [-0.15, -0.1) is 0 Å². The Morgan fingerprint density at radius 1 is 1.16 bits per heavy atom. The van der Waals surface area contributed by atoms with E-state index in [4.69, 9.17) is 0 Å². The van der Waals surface area contributed by atoms with E-state index in [2.05, 4.69) is 21.0 Å². The first-order valence-electron chi connectivity index (χ1n) is 8.58. The third kappa shape index (κ3) is 4.78. The second-order valence-electron chi connectivity index (χ2n) is 6.62. The molecule has 0 spiro atoms. The lowest BCUT2D eigenvalue weighted by molar-refractivity contribution is -0.131. The van der Waals surface area contributed by atoms with E-state index in [9.17, 15) is 9.59 Å². The Kier molecular flexibility index (Phi) is 5.68. The lowest BCUT2D eigenvalue weighted by atomic mass is 9.96. The smallest absolute Gasteiger partial charge is 0.266 e. The van der Waals surface area contributed by atoms with Gasteiger partial charge in [-0.1, -0.05) is 28.1 Å². The molecule has 2 heterocycles. The molecule has 5 nitrogen and oxygen atoms in total. The molecule has 25 heavy (non-hydrogen) atoms. The molecule has 0 N–H and O–H groups in total. The van der Waals surface area contributed by atoms with Gasteiger partial charge in [-0.05, 0) is 49.4 Å². The Hall–Kier alpha value is -1.95. The van der Waals surface area contributed by atoms with Crippen LogP contribution in [-0.4, -0.2) is 33.7 Å². The van der Waals surface area contributed by atoms with Gasteiger partial charge in [-0.3, -0.25) is 9.59 Å². The number of hydrogen-bond donors (Lipinski definition) is 0. The number of rotatable bonds is 4. The molecular formula is C19H22BrN3O2. The molecule has 1 aromatic carbocycles. The summed E-state index contributed by atoms with van der Waals surface area (Å²) in [6.45, 7) is 4.02. The third-order valence-corrected chi connectivity index (χ3v) is 5.20. The monoisotopic (exact) mass is 403 g/mol. The van der Waals surface area contributed by atoms with Crippen molar-refractivity contribution in [2.24, 2.45) is 5.92 Å². The van der Waals surface area contributed by atoms with E-state index in [1.165, 1.54) is 0 Å². The van der Waals surface area contributed by atoms with Crippen LogP contribution >= 0.6 is 15.9 Å². The summed E-state index contributed by atoms with van der Waals surface area (Å²) in [5, 5.41) is 4.30. The average molecular weight is 404 g/mol. The van der Waals surface area contributed by atoms with E-state index in [0.717, 1.165) is 41.7 Å². The average Bonchev–Trinajstić information content (AvgIpc) is 2.61. The summed E-state index contributed by atoms with van der Waals surface area (Å²) < 4.78 is 2.57. The minimum Gasteiger partial charge on any atom is -0.342 e. The maximum atomic E-state index is 12.5. The number of carbonyl (C=O) groups excluding carboxylic acids is 1. The van der Waals surface area contributed by atoms with E-state index >= 15 is 0 Å². The molecule has 1 aliphatic heterocycles.